The minimum atomic E-state index is -0.876. The first-order valence-corrected chi connectivity index (χ1v) is 5.20. The lowest BCUT2D eigenvalue weighted by molar-refractivity contribution is 0.0702. The summed E-state index contributed by atoms with van der Waals surface area (Å²) in [5.41, 5.74) is 1.91. The van der Waals surface area contributed by atoms with Gasteiger partial charge in [0.15, 0.2) is 0 Å². The number of aromatic carboxylic acids is 1. The maximum atomic E-state index is 10.6. The summed E-state index contributed by atoms with van der Waals surface area (Å²) in [6.07, 6.45) is 1.73. The number of rotatable bonds is 2. The molecule has 0 unspecified atom stereocenters. The van der Waals surface area contributed by atoms with E-state index in [1.807, 2.05) is 10.8 Å². The van der Waals surface area contributed by atoms with E-state index in [0.717, 1.165) is 11.1 Å². The van der Waals surface area contributed by atoms with Crippen LogP contribution >= 0.6 is 22.9 Å². The van der Waals surface area contributed by atoms with Crippen molar-refractivity contribution in [3.63, 3.8) is 0 Å². The number of thiophene rings is 1. The molecule has 0 atom stereocenters. The molecule has 0 fully saturated rings. The quantitative estimate of drug-likeness (QED) is 0.830. The van der Waals surface area contributed by atoms with Gasteiger partial charge in [-0.2, -0.15) is 0 Å². The molecule has 3 nitrogen and oxygen atoms in total. The van der Waals surface area contributed by atoms with Crippen LogP contribution in [0.3, 0.4) is 0 Å². The van der Waals surface area contributed by atoms with Crippen LogP contribution in [0.5, 0.6) is 0 Å². The Balaban J connectivity index is 2.39. The molecule has 13 heavy (non-hydrogen) atoms. The van der Waals surface area contributed by atoms with Crippen molar-refractivity contribution >= 4 is 28.8 Å². The Labute approximate surface area is 82.5 Å². The van der Waals surface area contributed by atoms with Gasteiger partial charge in [-0.25, -0.2) is 9.17 Å². The summed E-state index contributed by atoms with van der Waals surface area (Å²) in [4.78, 5) is 10.9. The van der Waals surface area contributed by atoms with Crippen LogP contribution in [-0.2, 0) is 0 Å². The second-order valence-corrected chi connectivity index (χ2v) is 3.99. The van der Waals surface area contributed by atoms with Crippen LogP contribution in [0.4, 0.5) is 0 Å². The summed E-state index contributed by atoms with van der Waals surface area (Å²) in [5, 5.41) is 12.4. The van der Waals surface area contributed by atoms with Crippen molar-refractivity contribution in [1.82, 2.24) is 4.37 Å². The molecule has 0 aromatic carbocycles. The van der Waals surface area contributed by atoms with E-state index in [2.05, 4.69) is 4.37 Å². The molecule has 2 aromatic heterocycles. The summed E-state index contributed by atoms with van der Waals surface area (Å²) >= 11 is 2.59. The highest BCUT2D eigenvalue weighted by molar-refractivity contribution is 7.12. The van der Waals surface area contributed by atoms with Crippen molar-refractivity contribution in [2.24, 2.45) is 0 Å². The molecule has 0 radical (unpaired) electrons. The molecular formula is C8H5NO2S2. The number of carbonyl (C=O) groups is 1. The van der Waals surface area contributed by atoms with Crippen molar-refractivity contribution in [2.75, 3.05) is 0 Å². The maximum Gasteiger partial charge on any atom is 0.345 e. The number of hydrogen-bond donors (Lipinski definition) is 1. The Kier molecular flexibility index (Phi) is 2.12. The van der Waals surface area contributed by atoms with Crippen molar-refractivity contribution in [3.8, 4) is 11.1 Å². The third-order valence-corrected chi connectivity index (χ3v) is 3.08. The van der Waals surface area contributed by atoms with Gasteiger partial charge in [-0.05, 0) is 28.5 Å². The highest BCUT2D eigenvalue weighted by atomic mass is 32.1. The van der Waals surface area contributed by atoms with E-state index < -0.39 is 5.97 Å². The molecular weight excluding hydrogens is 206 g/mol. The highest BCUT2D eigenvalue weighted by Crippen LogP contribution is 2.25. The Morgan fingerprint density at radius 1 is 1.38 bits per heavy atom. The third-order valence-electron chi connectivity index (χ3n) is 1.58. The molecule has 0 aliphatic rings. The smallest absolute Gasteiger partial charge is 0.345 e. The Hall–Kier alpha value is -1.20. The first kappa shape index (κ1) is 8.40. The number of hydrogen-bond acceptors (Lipinski definition) is 4. The molecule has 2 aromatic rings. The molecule has 2 rings (SSSR count). The van der Waals surface area contributed by atoms with E-state index in [-0.39, 0.29) is 0 Å². The zero-order valence-corrected chi connectivity index (χ0v) is 8.06. The van der Waals surface area contributed by atoms with Crippen LogP contribution < -0.4 is 0 Å². The van der Waals surface area contributed by atoms with E-state index >= 15 is 0 Å². The first-order valence-electron chi connectivity index (χ1n) is 3.49. The summed E-state index contributed by atoms with van der Waals surface area (Å²) in [7, 11) is 0. The van der Waals surface area contributed by atoms with Crippen LogP contribution in [-0.4, -0.2) is 15.4 Å². The monoisotopic (exact) mass is 211 g/mol. The van der Waals surface area contributed by atoms with Gasteiger partial charge in [0.2, 0.25) is 0 Å². The summed E-state index contributed by atoms with van der Waals surface area (Å²) in [6, 6.07) is 1.66. The minimum Gasteiger partial charge on any atom is -0.477 e. The molecule has 0 amide bonds. The zero-order chi connectivity index (χ0) is 9.26. The average Bonchev–Trinajstić information content (AvgIpc) is 2.75. The fourth-order valence-corrected chi connectivity index (χ4v) is 2.25. The van der Waals surface area contributed by atoms with Gasteiger partial charge in [0, 0.05) is 17.1 Å². The number of carboxylic acids is 1. The summed E-state index contributed by atoms with van der Waals surface area (Å²) in [5.74, 6) is -0.876. The topological polar surface area (TPSA) is 50.2 Å². The van der Waals surface area contributed by atoms with E-state index in [9.17, 15) is 4.79 Å². The fourth-order valence-electron chi connectivity index (χ4n) is 0.947. The molecule has 0 saturated heterocycles. The Bertz CT molecular complexity index is 419. The van der Waals surface area contributed by atoms with Gasteiger partial charge in [-0.1, -0.05) is 0 Å². The summed E-state index contributed by atoms with van der Waals surface area (Å²) < 4.78 is 3.95. The van der Waals surface area contributed by atoms with Gasteiger partial charge in [-0.15, -0.1) is 11.3 Å². The van der Waals surface area contributed by atoms with Crippen molar-refractivity contribution in [2.45, 2.75) is 0 Å². The normalized spacial score (nSPS) is 10.2. The molecule has 5 heteroatoms. The molecule has 0 aliphatic heterocycles. The Morgan fingerprint density at radius 3 is 2.77 bits per heavy atom. The average molecular weight is 211 g/mol. The van der Waals surface area contributed by atoms with Crippen LogP contribution in [0.15, 0.2) is 23.0 Å². The lowest BCUT2D eigenvalue weighted by Crippen LogP contribution is -1.89. The number of aromatic nitrogens is 1. The van der Waals surface area contributed by atoms with Crippen LogP contribution in [0, 0.1) is 0 Å². The highest BCUT2D eigenvalue weighted by Gasteiger charge is 2.08. The van der Waals surface area contributed by atoms with Gasteiger partial charge in [0.25, 0.3) is 0 Å². The third kappa shape index (κ3) is 1.61. The molecule has 0 bridgehead atoms. The molecule has 0 saturated carbocycles. The molecule has 1 N–H and O–H groups in total. The predicted molar refractivity (Wildman–Crippen MR) is 52.4 cm³/mol. The summed E-state index contributed by atoms with van der Waals surface area (Å²) in [6.45, 7) is 0. The standard InChI is InChI=1S/C8H5NO2S2/c10-8(11)7-1-5(3-12-7)6-2-9-13-4-6/h1-4H,(H,10,11). The van der Waals surface area contributed by atoms with Gasteiger partial charge < -0.3 is 5.11 Å². The van der Waals surface area contributed by atoms with Crippen molar-refractivity contribution in [3.05, 3.63) is 27.9 Å². The molecule has 0 aliphatic carbocycles. The molecule has 2 heterocycles. The second kappa shape index (κ2) is 3.27. The number of nitrogens with zero attached hydrogens (tertiary/aromatic N) is 1. The van der Waals surface area contributed by atoms with Gasteiger partial charge in [-0.3, -0.25) is 0 Å². The minimum absolute atomic E-state index is 0.362. The Morgan fingerprint density at radius 2 is 2.23 bits per heavy atom. The van der Waals surface area contributed by atoms with Crippen molar-refractivity contribution in [1.29, 1.82) is 0 Å². The van der Waals surface area contributed by atoms with E-state index in [1.165, 1.54) is 22.9 Å². The number of carboxylic acid groups (broad SMARTS) is 1. The predicted octanol–water partition coefficient (Wildman–Crippen LogP) is 2.57. The zero-order valence-electron chi connectivity index (χ0n) is 6.43. The second-order valence-electron chi connectivity index (χ2n) is 2.42. The van der Waals surface area contributed by atoms with E-state index in [4.69, 9.17) is 5.11 Å². The van der Waals surface area contributed by atoms with Crippen LogP contribution in [0.2, 0.25) is 0 Å². The van der Waals surface area contributed by atoms with E-state index in [0.29, 0.717) is 4.88 Å². The maximum absolute atomic E-state index is 10.6. The van der Waals surface area contributed by atoms with Crippen molar-refractivity contribution < 1.29 is 9.90 Å². The first-order chi connectivity index (χ1) is 6.27. The fraction of sp³-hybridized carbons (Fsp3) is 0. The van der Waals surface area contributed by atoms with Gasteiger partial charge >= 0.3 is 5.97 Å². The van der Waals surface area contributed by atoms with E-state index in [1.54, 1.807) is 12.3 Å². The lowest BCUT2D eigenvalue weighted by Gasteiger charge is -1.86. The molecule has 0 spiro atoms. The lowest BCUT2D eigenvalue weighted by atomic mass is 10.2. The van der Waals surface area contributed by atoms with Gasteiger partial charge in [0.05, 0.1) is 0 Å². The van der Waals surface area contributed by atoms with Gasteiger partial charge in [0.1, 0.15) is 4.88 Å². The van der Waals surface area contributed by atoms with Crippen LogP contribution in [0.1, 0.15) is 9.67 Å². The van der Waals surface area contributed by atoms with Crippen LogP contribution in [0.25, 0.3) is 11.1 Å². The molecule has 66 valence electrons. The SMILES string of the molecule is O=C(O)c1cc(-c2cnsc2)cs1. The largest absolute Gasteiger partial charge is 0.477 e.